The molecule has 9 heteroatoms. The molecule has 0 heterocycles. The van der Waals surface area contributed by atoms with Crippen LogP contribution in [0.2, 0.25) is 0 Å². The Morgan fingerprint density at radius 1 is 1.21 bits per heavy atom. The van der Waals surface area contributed by atoms with E-state index in [-0.39, 0.29) is 5.76 Å². The zero-order valence-electron chi connectivity index (χ0n) is 19.0. The first kappa shape index (κ1) is 24.8. The molecule has 2 N–H and O–H groups in total. The fourth-order valence-electron chi connectivity index (χ4n) is 3.53. The molecule has 1 aliphatic rings. The van der Waals surface area contributed by atoms with E-state index in [2.05, 4.69) is 51.0 Å². The van der Waals surface area contributed by atoms with E-state index >= 15 is 0 Å². The molecule has 0 atom stereocenters. The third kappa shape index (κ3) is 5.44. The zero-order valence-corrected chi connectivity index (χ0v) is 19.0. The second-order valence-corrected chi connectivity index (χ2v) is 7.97. The molecule has 0 aromatic heterocycles. The minimum absolute atomic E-state index is 0.253. The summed E-state index contributed by atoms with van der Waals surface area (Å²) in [4.78, 5) is 0. The Labute approximate surface area is 182 Å². The second-order valence-electron chi connectivity index (χ2n) is 7.97. The summed E-state index contributed by atoms with van der Waals surface area (Å²) in [6.07, 6.45) is 6.55. The van der Waals surface area contributed by atoms with Crippen molar-refractivity contribution < 1.29 is 10.2 Å². The van der Waals surface area contributed by atoms with Gasteiger partial charge in [0, 0.05) is 0 Å². The average molecular weight is 375 g/mol. The Hall–Kier alpha value is -2.21. The number of terminal acetylenes is 1. The Morgan fingerprint density at radius 3 is 2.21 bits per heavy atom. The third-order valence-electron chi connectivity index (χ3n) is 5.84. The Balaban J connectivity index is 3.69. The van der Waals surface area contributed by atoms with Gasteiger partial charge in [-0.1, -0.05) is 0 Å². The molecule has 0 aromatic carbocycles. The summed E-state index contributed by atoms with van der Waals surface area (Å²) in [5.74, 6) is 1.37. The molecule has 0 spiro atoms. The van der Waals surface area contributed by atoms with E-state index in [0.717, 1.165) is 39.3 Å². The molecule has 0 bridgehead atoms. The molecule has 0 unspecified atom stereocenters. The molecule has 140 valence electrons. The minimum atomic E-state index is -0.448. The summed E-state index contributed by atoms with van der Waals surface area (Å²) in [6, 6.07) is 0. The van der Waals surface area contributed by atoms with Crippen LogP contribution in [0.4, 0.5) is 0 Å². The molecule has 2 nitrogen and oxygen atoms in total. The summed E-state index contributed by atoms with van der Waals surface area (Å²) < 4.78 is 0. The molecule has 0 radical (unpaired) electrons. The van der Waals surface area contributed by atoms with Crippen molar-refractivity contribution in [1.82, 2.24) is 0 Å². The number of rotatable bonds is 6. The summed E-state index contributed by atoms with van der Waals surface area (Å²) in [5, 5.41) is 20.9. The van der Waals surface area contributed by atoms with Crippen molar-refractivity contribution in [3.63, 3.8) is 0 Å². The standard InChI is InChI=1S/C20H27B7O2/c1-5-14(28)19(29)9(4)12(21)6-10-13(22)7-11(20(26)27)15(17(10)24)18(25)16(23)8(2)3/h1,22,26,28-29H,2,6-7,21,23-25,27H2,3-4H3/b12-9+,18-16-,19-14-. The third-order valence-corrected chi connectivity index (χ3v) is 5.84. The number of aliphatic hydroxyl groups excluding tert-OH is 2. The Kier molecular flexibility index (Phi) is 8.57. The SMILES string of the molecule is B=C(B)C1=C(/C(B)=C(/B)C(=C)C)C(B)=C(C/C(B)=C(C)\C(O)=C(\O)C#C)C(=B)C1. The van der Waals surface area contributed by atoms with E-state index in [1.807, 2.05) is 22.6 Å². The van der Waals surface area contributed by atoms with Crippen molar-refractivity contribution in [2.24, 2.45) is 0 Å². The van der Waals surface area contributed by atoms with Crippen LogP contribution >= 0.6 is 0 Å². The van der Waals surface area contributed by atoms with Gasteiger partial charge in [-0.3, -0.25) is 0 Å². The van der Waals surface area contributed by atoms with Gasteiger partial charge >= 0.3 is 182 Å². The van der Waals surface area contributed by atoms with Gasteiger partial charge in [0.25, 0.3) is 0 Å². The van der Waals surface area contributed by atoms with E-state index in [1.165, 1.54) is 22.1 Å². The maximum absolute atomic E-state index is 10.2. The molecular weight excluding hydrogens is 348 g/mol. The van der Waals surface area contributed by atoms with Gasteiger partial charge in [0.15, 0.2) is 0 Å². The van der Waals surface area contributed by atoms with E-state index < -0.39 is 5.76 Å². The number of allylic oxidation sites excluding steroid dienone is 10. The van der Waals surface area contributed by atoms with Crippen LogP contribution in [0.15, 0.2) is 67.9 Å². The van der Waals surface area contributed by atoms with Crippen molar-refractivity contribution >= 4 is 65.0 Å². The first-order valence-electron chi connectivity index (χ1n) is 9.71. The van der Waals surface area contributed by atoms with E-state index in [0.29, 0.717) is 12.0 Å². The van der Waals surface area contributed by atoms with Gasteiger partial charge in [-0.2, -0.15) is 0 Å². The van der Waals surface area contributed by atoms with Gasteiger partial charge in [0.05, 0.1) is 0 Å². The Bertz CT molecular complexity index is 998. The monoisotopic (exact) mass is 376 g/mol. The first-order valence-corrected chi connectivity index (χ1v) is 9.71. The van der Waals surface area contributed by atoms with Crippen molar-refractivity contribution in [3.05, 3.63) is 67.9 Å². The quantitative estimate of drug-likeness (QED) is 0.236. The maximum atomic E-state index is 10.2. The van der Waals surface area contributed by atoms with Crippen LogP contribution in [-0.2, 0) is 0 Å². The average Bonchev–Trinajstić information content (AvgIpc) is 2.67. The van der Waals surface area contributed by atoms with Crippen molar-refractivity contribution in [2.75, 3.05) is 0 Å². The van der Waals surface area contributed by atoms with Crippen LogP contribution < -0.4 is 0 Å². The Morgan fingerprint density at radius 2 is 1.76 bits per heavy atom. The van der Waals surface area contributed by atoms with Crippen LogP contribution in [0, 0.1) is 12.3 Å². The van der Waals surface area contributed by atoms with E-state index in [9.17, 15) is 10.2 Å². The summed E-state index contributed by atoms with van der Waals surface area (Å²) >= 11 is 0. The van der Waals surface area contributed by atoms with Gasteiger partial charge in [-0.15, -0.1) is 0 Å². The molecular formula is C20H27B7O2. The molecule has 0 amide bonds. The van der Waals surface area contributed by atoms with Crippen molar-refractivity contribution in [3.8, 4) is 12.3 Å². The number of aliphatic hydroxyl groups is 2. The van der Waals surface area contributed by atoms with Gasteiger partial charge in [0.2, 0.25) is 0 Å². The number of hydrogen-bond donors (Lipinski definition) is 2. The predicted octanol–water partition coefficient (Wildman–Crippen LogP) is -2.38. The normalized spacial score (nSPS) is 17.1. The summed E-state index contributed by atoms with van der Waals surface area (Å²) in [7, 11) is 18.8. The van der Waals surface area contributed by atoms with Crippen LogP contribution in [0.3, 0.4) is 0 Å². The zero-order chi connectivity index (χ0) is 22.6. The molecule has 1 rings (SSSR count). The second kappa shape index (κ2) is 10.0. The van der Waals surface area contributed by atoms with Crippen LogP contribution in [0.25, 0.3) is 0 Å². The molecule has 29 heavy (non-hydrogen) atoms. The van der Waals surface area contributed by atoms with Crippen LogP contribution in [-0.4, -0.2) is 75.2 Å². The molecule has 0 aliphatic heterocycles. The fourth-order valence-corrected chi connectivity index (χ4v) is 3.53. The summed E-state index contributed by atoms with van der Waals surface area (Å²) in [5.41, 5.74) is 10.7. The molecule has 1 aliphatic carbocycles. The van der Waals surface area contributed by atoms with Crippen LogP contribution in [0.5, 0.6) is 0 Å². The van der Waals surface area contributed by atoms with Crippen molar-refractivity contribution in [2.45, 2.75) is 26.7 Å². The topological polar surface area (TPSA) is 40.5 Å². The molecule has 0 saturated carbocycles. The van der Waals surface area contributed by atoms with Gasteiger partial charge in [-0.25, -0.2) is 0 Å². The van der Waals surface area contributed by atoms with Crippen LogP contribution in [0.1, 0.15) is 26.7 Å². The fraction of sp³-hybridized carbons (Fsp3) is 0.200. The van der Waals surface area contributed by atoms with Gasteiger partial charge in [0.1, 0.15) is 0 Å². The molecule has 0 fully saturated rings. The summed E-state index contributed by atoms with van der Waals surface area (Å²) in [6.45, 7) is 7.87. The van der Waals surface area contributed by atoms with Gasteiger partial charge < -0.3 is 0 Å². The van der Waals surface area contributed by atoms with Crippen molar-refractivity contribution in [1.29, 1.82) is 0 Å². The first-order chi connectivity index (χ1) is 13.3. The predicted molar refractivity (Wildman–Crippen MR) is 146 cm³/mol. The van der Waals surface area contributed by atoms with E-state index in [1.54, 1.807) is 6.92 Å². The molecule has 0 saturated heterocycles. The molecule has 0 aromatic rings. The van der Waals surface area contributed by atoms with E-state index in [4.69, 9.17) is 6.42 Å². The van der Waals surface area contributed by atoms with Gasteiger partial charge in [-0.05, 0) is 0 Å². The number of hydrogen-bond acceptors (Lipinski definition) is 2.